The van der Waals surface area contributed by atoms with Crippen LogP contribution in [0.1, 0.15) is 49.9 Å². The van der Waals surface area contributed by atoms with E-state index in [0.717, 1.165) is 11.4 Å². The lowest BCUT2D eigenvalue weighted by atomic mass is 9.33. The summed E-state index contributed by atoms with van der Waals surface area (Å²) in [4.78, 5) is 2.67. The van der Waals surface area contributed by atoms with Crippen LogP contribution in [0.3, 0.4) is 0 Å². The van der Waals surface area contributed by atoms with Gasteiger partial charge in [0.15, 0.2) is 0 Å². The van der Waals surface area contributed by atoms with Crippen LogP contribution in [0.25, 0.3) is 154 Å². The number of rotatable bonds is 4. The lowest BCUT2D eigenvalue weighted by Crippen LogP contribution is -2.60. The summed E-state index contributed by atoms with van der Waals surface area (Å²) < 4.78 is 5.36. The molecule has 94 heavy (non-hydrogen) atoms. The molecule has 3 nitrogen and oxygen atoms in total. The first-order valence-electron chi connectivity index (χ1n) is 33.3. The van der Waals surface area contributed by atoms with E-state index in [0.29, 0.717) is 0 Å². The molecule has 17 aromatic rings. The van der Waals surface area contributed by atoms with Gasteiger partial charge < -0.3 is 14.0 Å². The van der Waals surface area contributed by atoms with Crippen molar-refractivity contribution in [1.82, 2.24) is 9.13 Å². The molecule has 15 aromatic carbocycles. The molecule has 0 saturated carbocycles. The minimum absolute atomic E-state index is 0.153. The Balaban J connectivity index is 0.907. The van der Waals surface area contributed by atoms with Crippen LogP contribution in [-0.4, -0.2) is 15.8 Å². The lowest BCUT2D eigenvalue weighted by Gasteiger charge is -2.41. The van der Waals surface area contributed by atoms with Gasteiger partial charge in [-0.1, -0.05) is 240 Å². The summed E-state index contributed by atoms with van der Waals surface area (Å²) in [5, 5.41) is 12.8. The first-order valence-corrected chi connectivity index (χ1v) is 33.3. The van der Waals surface area contributed by atoms with Crippen LogP contribution in [0.5, 0.6) is 0 Å². The van der Waals surface area contributed by atoms with E-state index in [2.05, 4.69) is 321 Å². The van der Waals surface area contributed by atoms with E-state index in [-0.39, 0.29) is 17.5 Å². The largest absolute Gasteiger partial charge is 0.311 e. The number of aromatic nitrogens is 2. The molecule has 0 radical (unpaired) electrons. The van der Waals surface area contributed by atoms with Gasteiger partial charge in [0.1, 0.15) is 0 Å². The monoisotopic (exact) mass is 1190 g/mol. The van der Waals surface area contributed by atoms with E-state index in [1.807, 2.05) is 0 Å². The maximum Gasteiger partial charge on any atom is 0.252 e. The topological polar surface area (TPSA) is 13.1 Å². The molecule has 0 saturated heterocycles. The molecule has 2 aromatic heterocycles. The van der Waals surface area contributed by atoms with Gasteiger partial charge in [-0.3, -0.25) is 0 Å². The Morgan fingerprint density at radius 2 is 0.840 bits per heavy atom. The Bertz CT molecular complexity index is 6370. The summed E-state index contributed by atoms with van der Waals surface area (Å²) >= 11 is 0. The van der Waals surface area contributed by atoms with Crippen LogP contribution < -0.4 is 21.3 Å². The minimum atomic E-state index is -0.282. The van der Waals surface area contributed by atoms with Gasteiger partial charge in [0.2, 0.25) is 0 Å². The third-order valence-electron chi connectivity index (χ3n) is 22.9. The van der Waals surface area contributed by atoms with Crippen molar-refractivity contribution in [3.8, 4) is 78.1 Å². The molecule has 0 atom stereocenters. The Morgan fingerprint density at radius 1 is 0.287 bits per heavy atom. The van der Waals surface area contributed by atoms with Crippen molar-refractivity contribution < 1.29 is 0 Å². The summed E-state index contributed by atoms with van der Waals surface area (Å²) in [6.07, 6.45) is 0. The van der Waals surface area contributed by atoms with E-state index in [1.165, 1.54) is 198 Å². The molecule has 0 bridgehead atoms. The smallest absolute Gasteiger partial charge is 0.252 e. The second-order valence-electron chi connectivity index (χ2n) is 28.3. The van der Waals surface area contributed by atoms with E-state index in [9.17, 15) is 0 Å². The third-order valence-corrected chi connectivity index (χ3v) is 22.9. The van der Waals surface area contributed by atoms with Crippen LogP contribution in [0.15, 0.2) is 279 Å². The van der Waals surface area contributed by atoms with Crippen LogP contribution >= 0.6 is 0 Å². The molecule has 0 unspecified atom stereocenters. The predicted octanol–water partition coefficient (Wildman–Crippen LogP) is 21.5. The zero-order chi connectivity index (χ0) is 61.8. The number of benzene rings is 15. The zero-order valence-electron chi connectivity index (χ0n) is 52.5. The van der Waals surface area contributed by atoms with Gasteiger partial charge in [0.05, 0.1) is 22.2 Å². The fraction of sp³-hybridized carbons (Fsp3) is 0.0667. The molecule has 0 spiro atoms. The zero-order valence-corrected chi connectivity index (χ0v) is 52.5. The van der Waals surface area contributed by atoms with Crippen LogP contribution in [0.4, 0.5) is 17.1 Å². The molecule has 0 N–H and O–H groups in total. The molecule has 5 aliphatic rings. The second kappa shape index (κ2) is 17.8. The molecule has 2 aliphatic heterocycles. The number of hydrogen-bond donors (Lipinski definition) is 0. The van der Waals surface area contributed by atoms with Gasteiger partial charge in [0.25, 0.3) is 6.71 Å². The normalized spacial score (nSPS) is 14.5. The molecular weight excluding hydrogens is 1130 g/mol. The van der Waals surface area contributed by atoms with Gasteiger partial charge in [-0.2, -0.15) is 0 Å². The second-order valence-corrected chi connectivity index (χ2v) is 28.3. The Hall–Kier alpha value is -11.5. The first-order chi connectivity index (χ1) is 46.1. The Labute approximate surface area is 544 Å². The Kier molecular flexibility index (Phi) is 9.68. The van der Waals surface area contributed by atoms with Crippen molar-refractivity contribution >= 4 is 116 Å². The van der Waals surface area contributed by atoms with Crippen molar-refractivity contribution in [2.24, 2.45) is 0 Å². The van der Waals surface area contributed by atoms with Crippen molar-refractivity contribution in [1.29, 1.82) is 0 Å². The maximum absolute atomic E-state index is 2.73. The molecule has 22 rings (SSSR count). The molecule has 3 aliphatic carbocycles. The predicted molar refractivity (Wildman–Crippen MR) is 397 cm³/mol. The summed E-state index contributed by atoms with van der Waals surface area (Å²) in [6, 6.07) is 108. The molecule has 436 valence electrons. The minimum Gasteiger partial charge on any atom is -0.311 e. The van der Waals surface area contributed by atoms with Gasteiger partial charge in [-0.15, -0.1) is 0 Å². The number of nitrogens with zero attached hydrogens (tertiary/aromatic N) is 3. The van der Waals surface area contributed by atoms with Crippen LogP contribution in [0, 0.1) is 0 Å². The van der Waals surface area contributed by atoms with E-state index >= 15 is 0 Å². The van der Waals surface area contributed by atoms with E-state index < -0.39 is 0 Å². The summed E-state index contributed by atoms with van der Waals surface area (Å²) in [5.74, 6) is 0. The molecule has 4 heteroatoms. The summed E-state index contributed by atoms with van der Waals surface area (Å²) in [5.41, 5.74) is 35.0. The van der Waals surface area contributed by atoms with Crippen LogP contribution in [0.2, 0.25) is 0 Å². The van der Waals surface area contributed by atoms with Crippen LogP contribution in [-0.2, 0) is 10.8 Å². The highest BCUT2D eigenvalue weighted by Crippen LogP contribution is 2.57. The summed E-state index contributed by atoms with van der Waals surface area (Å²) in [6.45, 7) is 9.65. The van der Waals surface area contributed by atoms with Gasteiger partial charge in [-0.05, 0) is 204 Å². The molecule has 4 heterocycles. The van der Waals surface area contributed by atoms with Crippen molar-refractivity contribution in [3.05, 3.63) is 301 Å². The highest BCUT2D eigenvalue weighted by molar-refractivity contribution is 7.00. The number of hydrogen-bond acceptors (Lipinski definition) is 1. The molecule has 0 amide bonds. The summed E-state index contributed by atoms with van der Waals surface area (Å²) in [7, 11) is 0. The van der Waals surface area contributed by atoms with E-state index in [4.69, 9.17) is 0 Å². The fourth-order valence-electron chi connectivity index (χ4n) is 18.8. The van der Waals surface area contributed by atoms with Crippen molar-refractivity contribution in [3.63, 3.8) is 0 Å². The third kappa shape index (κ3) is 6.43. The molecule has 0 fully saturated rings. The van der Waals surface area contributed by atoms with Crippen molar-refractivity contribution in [2.75, 3.05) is 4.90 Å². The lowest BCUT2D eigenvalue weighted by molar-refractivity contribution is 0.660. The van der Waals surface area contributed by atoms with Gasteiger partial charge >= 0.3 is 0 Å². The van der Waals surface area contributed by atoms with Crippen molar-refractivity contribution in [2.45, 2.75) is 38.5 Å². The average Bonchev–Trinajstić information content (AvgIpc) is 1.40. The molecular formula is C90H58BN3. The average molecular weight is 1190 g/mol. The fourth-order valence-corrected chi connectivity index (χ4v) is 18.8. The number of anilines is 3. The Morgan fingerprint density at radius 3 is 1.57 bits per heavy atom. The highest BCUT2D eigenvalue weighted by Gasteiger charge is 2.47. The highest BCUT2D eigenvalue weighted by atomic mass is 15.2. The quantitative estimate of drug-likeness (QED) is 0.160. The maximum atomic E-state index is 2.73. The SMILES string of the molecule is CC1(C)c2ccccc2-c2cc3c(cc21)N(c1ccc(-c2ccc4ccccc4c2)cc1)c1cc(-n2c4cccc5c4c4c6c(cccc6ccc42)-c2ccccc2-5)cc2c1B3c1cc(-c3ccc4ccccc4c3)cc3c4c5c(ccc4n-2c13)-c1ccccc1C5(C)C. The van der Waals surface area contributed by atoms with Gasteiger partial charge in [0, 0.05) is 60.6 Å². The standard InChI is InChI=1S/C90H58BN3/c1-89(2)71-28-13-12-25-65(71)69-49-74-79(50-73(69)89)92(60-38-35-53(36-39-60)57-33-31-51-17-5-7-19-55(51)43-57)80-47-61(93-76-30-16-27-67-63-23-10-9-22-62(63)66-26-15-21-54-37-41-78(93)85(82(54)66)83(67)76)48-81-87(80)91(74)75-46-59(58-34-32-52-18-6-8-20-56(52)44-58)45-70-84-77(94(81)88(70)75)42-40-68-64-24-11-14-29-72(64)90(3,4)86(68)84/h5-50H,1-4H3. The van der Waals surface area contributed by atoms with E-state index in [1.54, 1.807) is 0 Å². The van der Waals surface area contributed by atoms with Gasteiger partial charge in [-0.25, -0.2) is 0 Å². The first kappa shape index (κ1) is 51.2. The number of fused-ring (bicyclic) bond motifs is 19.